The van der Waals surface area contributed by atoms with E-state index in [9.17, 15) is 8.42 Å². The number of amidine groups is 1. The molecule has 0 bridgehead atoms. The second-order valence-corrected chi connectivity index (χ2v) is 11.0. The maximum absolute atomic E-state index is 11.7. The van der Waals surface area contributed by atoms with Gasteiger partial charge >= 0.3 is 0 Å². The molecule has 2 heterocycles. The number of hydrogen-bond donors (Lipinski definition) is 1. The zero-order valence-electron chi connectivity index (χ0n) is 16.4. The zero-order valence-corrected chi connectivity index (χ0v) is 17.2. The summed E-state index contributed by atoms with van der Waals surface area (Å²) in [4.78, 5) is 7.43. The minimum Gasteiger partial charge on any atom is -0.332 e. The summed E-state index contributed by atoms with van der Waals surface area (Å²) in [6.07, 6.45) is 2.92. The molecule has 6 heteroatoms. The maximum atomic E-state index is 11.7. The van der Waals surface area contributed by atoms with Crippen molar-refractivity contribution in [2.24, 2.45) is 15.8 Å². The molecule has 0 saturated carbocycles. The van der Waals surface area contributed by atoms with Gasteiger partial charge in [0.15, 0.2) is 0 Å². The van der Waals surface area contributed by atoms with Gasteiger partial charge in [0.05, 0.1) is 12.3 Å². The molecule has 1 N–H and O–H groups in total. The first-order valence-corrected chi connectivity index (χ1v) is 10.7. The van der Waals surface area contributed by atoms with Gasteiger partial charge in [-0.3, -0.25) is 4.99 Å². The van der Waals surface area contributed by atoms with E-state index in [1.807, 2.05) is 0 Å². The minimum atomic E-state index is -3.21. The molecular formula is C18H33N3O2S. The van der Waals surface area contributed by atoms with Crippen molar-refractivity contribution in [1.29, 1.82) is 0 Å². The quantitative estimate of drug-likeness (QED) is 0.846. The van der Waals surface area contributed by atoms with Crippen molar-refractivity contribution in [2.45, 2.75) is 73.4 Å². The lowest BCUT2D eigenvalue weighted by Gasteiger charge is -2.42. The van der Waals surface area contributed by atoms with Crippen LogP contribution >= 0.6 is 0 Å². The molecular weight excluding hydrogens is 322 g/mol. The number of nitrogens with zero attached hydrogens (tertiary/aromatic N) is 2. The third-order valence-electron chi connectivity index (χ3n) is 4.63. The van der Waals surface area contributed by atoms with Crippen LogP contribution in [0.3, 0.4) is 0 Å². The van der Waals surface area contributed by atoms with E-state index < -0.39 is 10.0 Å². The standard InChI is InChI=1S/C18H33N3O2S/c1-9-13-14-10-12(20-24(8,22)23)11-21(14)16(18(5,6)7)19-15(13)17(2,3)4/h12,15,20H,9-11H2,1-8H3/t12-,15-/m0/s1. The van der Waals surface area contributed by atoms with E-state index in [0.29, 0.717) is 6.54 Å². The van der Waals surface area contributed by atoms with Crippen molar-refractivity contribution < 1.29 is 8.42 Å². The molecule has 2 aliphatic rings. The third kappa shape index (κ3) is 4.02. The van der Waals surface area contributed by atoms with E-state index >= 15 is 0 Å². The largest absolute Gasteiger partial charge is 0.332 e. The van der Waals surface area contributed by atoms with Crippen LogP contribution < -0.4 is 4.72 Å². The Balaban J connectivity index is 2.50. The topological polar surface area (TPSA) is 61.8 Å². The van der Waals surface area contributed by atoms with Crippen LogP contribution in [0.25, 0.3) is 0 Å². The van der Waals surface area contributed by atoms with Crippen molar-refractivity contribution in [3.05, 3.63) is 11.3 Å². The predicted molar refractivity (Wildman–Crippen MR) is 101 cm³/mol. The van der Waals surface area contributed by atoms with Gasteiger partial charge < -0.3 is 4.90 Å². The van der Waals surface area contributed by atoms with Crippen LogP contribution in [0.1, 0.15) is 61.3 Å². The molecule has 1 saturated heterocycles. The van der Waals surface area contributed by atoms with E-state index in [4.69, 9.17) is 4.99 Å². The summed E-state index contributed by atoms with van der Waals surface area (Å²) >= 11 is 0. The minimum absolute atomic E-state index is 0.0449. The van der Waals surface area contributed by atoms with Crippen molar-refractivity contribution in [2.75, 3.05) is 12.8 Å². The van der Waals surface area contributed by atoms with Crippen molar-refractivity contribution in [1.82, 2.24) is 9.62 Å². The van der Waals surface area contributed by atoms with Crippen molar-refractivity contribution in [3.63, 3.8) is 0 Å². The molecule has 138 valence electrons. The van der Waals surface area contributed by atoms with E-state index in [2.05, 4.69) is 58.1 Å². The van der Waals surface area contributed by atoms with Gasteiger partial charge in [-0.25, -0.2) is 13.1 Å². The highest BCUT2D eigenvalue weighted by Crippen LogP contribution is 2.42. The van der Waals surface area contributed by atoms with Crippen molar-refractivity contribution in [3.8, 4) is 0 Å². The molecule has 0 unspecified atom stereocenters. The van der Waals surface area contributed by atoms with Crippen LogP contribution in [0.15, 0.2) is 16.3 Å². The first kappa shape index (κ1) is 19.4. The Hall–Kier alpha value is -0.880. The summed E-state index contributed by atoms with van der Waals surface area (Å²) < 4.78 is 26.1. The molecule has 2 aliphatic heterocycles. The first-order chi connectivity index (χ1) is 10.7. The Morgan fingerprint density at radius 2 is 1.79 bits per heavy atom. The summed E-state index contributed by atoms with van der Waals surface area (Å²) in [6, 6.07) is 0.0720. The number of fused-ring (bicyclic) bond motifs is 1. The molecule has 1 fully saturated rings. The Morgan fingerprint density at radius 1 is 1.21 bits per heavy atom. The van der Waals surface area contributed by atoms with Crippen LogP contribution in [0, 0.1) is 10.8 Å². The molecule has 24 heavy (non-hydrogen) atoms. The van der Waals surface area contributed by atoms with Crippen LogP contribution in [0.5, 0.6) is 0 Å². The zero-order chi connectivity index (χ0) is 18.5. The Morgan fingerprint density at radius 3 is 2.21 bits per heavy atom. The van der Waals surface area contributed by atoms with Gasteiger partial charge in [0.2, 0.25) is 10.0 Å². The maximum Gasteiger partial charge on any atom is 0.209 e. The number of aliphatic imine (C=N–C) groups is 1. The fraction of sp³-hybridized carbons (Fsp3) is 0.833. The molecule has 0 aromatic rings. The van der Waals surface area contributed by atoms with Gasteiger partial charge in [-0.15, -0.1) is 0 Å². The number of sulfonamides is 1. The molecule has 0 radical (unpaired) electrons. The molecule has 0 spiro atoms. The number of nitrogens with one attached hydrogen (secondary N) is 1. The van der Waals surface area contributed by atoms with Gasteiger partial charge in [-0.1, -0.05) is 48.5 Å². The number of hydrogen-bond acceptors (Lipinski definition) is 4. The van der Waals surface area contributed by atoms with Gasteiger partial charge in [-0.2, -0.15) is 0 Å². The fourth-order valence-electron chi connectivity index (χ4n) is 3.78. The van der Waals surface area contributed by atoms with E-state index in [1.54, 1.807) is 0 Å². The lowest BCUT2D eigenvalue weighted by molar-refractivity contribution is 0.323. The molecule has 0 aromatic heterocycles. The Bertz CT molecular complexity index is 663. The number of rotatable bonds is 3. The first-order valence-electron chi connectivity index (χ1n) is 8.79. The van der Waals surface area contributed by atoms with E-state index in [0.717, 1.165) is 18.7 Å². The lowest BCUT2D eigenvalue weighted by atomic mass is 9.78. The monoisotopic (exact) mass is 355 g/mol. The van der Waals surface area contributed by atoms with Gasteiger partial charge in [0.25, 0.3) is 0 Å². The molecule has 2 rings (SSSR count). The van der Waals surface area contributed by atoms with E-state index in [-0.39, 0.29) is 22.9 Å². The van der Waals surface area contributed by atoms with Crippen LogP contribution in [0.2, 0.25) is 0 Å². The van der Waals surface area contributed by atoms with E-state index in [1.165, 1.54) is 17.5 Å². The summed E-state index contributed by atoms with van der Waals surface area (Å²) in [7, 11) is -3.21. The normalized spacial score (nSPS) is 25.8. The second kappa shape index (κ2) is 6.13. The molecule has 2 atom stereocenters. The fourth-order valence-corrected chi connectivity index (χ4v) is 4.54. The van der Waals surface area contributed by atoms with Crippen LogP contribution in [-0.2, 0) is 10.0 Å². The molecule has 0 aromatic carbocycles. The highest BCUT2D eigenvalue weighted by molar-refractivity contribution is 7.88. The summed E-state index contributed by atoms with van der Waals surface area (Å²) in [5.74, 6) is 1.08. The van der Waals surface area contributed by atoms with Crippen LogP contribution in [0.4, 0.5) is 0 Å². The highest BCUT2D eigenvalue weighted by Gasteiger charge is 2.43. The molecule has 0 aliphatic carbocycles. The average molecular weight is 356 g/mol. The second-order valence-electron chi connectivity index (χ2n) is 9.20. The smallest absolute Gasteiger partial charge is 0.209 e. The third-order valence-corrected chi connectivity index (χ3v) is 5.39. The van der Waals surface area contributed by atoms with Crippen LogP contribution in [-0.4, -0.2) is 44.0 Å². The molecule has 0 amide bonds. The van der Waals surface area contributed by atoms with Crippen molar-refractivity contribution >= 4 is 15.9 Å². The van der Waals surface area contributed by atoms with Gasteiger partial charge in [0.1, 0.15) is 5.84 Å². The van der Waals surface area contributed by atoms with Gasteiger partial charge in [0, 0.05) is 30.1 Å². The summed E-state index contributed by atoms with van der Waals surface area (Å²) in [5, 5.41) is 0. The highest BCUT2D eigenvalue weighted by atomic mass is 32.2. The Kier molecular flexibility index (Phi) is 4.97. The molecule has 5 nitrogen and oxygen atoms in total. The SMILES string of the molecule is CCC1=C2C[C@H](NS(C)(=O)=O)CN2C(C(C)(C)C)=N[C@@H]1C(C)(C)C. The Labute approximate surface area is 147 Å². The summed E-state index contributed by atoms with van der Waals surface area (Å²) in [6.45, 7) is 16.1. The summed E-state index contributed by atoms with van der Waals surface area (Å²) in [5.41, 5.74) is 2.60. The average Bonchev–Trinajstić information content (AvgIpc) is 2.74. The van der Waals surface area contributed by atoms with Gasteiger partial charge in [-0.05, 0) is 17.4 Å². The predicted octanol–water partition coefficient (Wildman–Crippen LogP) is 3.15. The lowest BCUT2D eigenvalue weighted by Crippen LogP contribution is -2.46.